The third kappa shape index (κ3) is 6.34. The van der Waals surface area contributed by atoms with Gasteiger partial charge >= 0.3 is 0 Å². The van der Waals surface area contributed by atoms with Crippen LogP contribution in [0.4, 0.5) is 0 Å². The van der Waals surface area contributed by atoms with Gasteiger partial charge in [0, 0.05) is 0 Å². The van der Waals surface area contributed by atoms with Gasteiger partial charge in [0.05, 0.1) is 22.5 Å². The highest BCUT2D eigenvalue weighted by Crippen LogP contribution is 2.07. The molecule has 118 valence electrons. The molecule has 0 spiro atoms. The largest absolute Gasteiger partial charge is 0.411 e. The van der Waals surface area contributed by atoms with Crippen molar-refractivity contribution in [1.29, 1.82) is 0 Å². The molecular weight excluding hydrogens is 256 g/mol. The molecule has 0 aliphatic heterocycles. The minimum absolute atomic E-state index is 0.290. The quantitative estimate of drug-likeness (QED) is 0.226. The van der Waals surface area contributed by atoms with Crippen LogP contribution in [-0.2, 0) is 0 Å². The standard InChI is InChI=1S/C14H30N4O2/c1-11(17-19)13(3,4)15-9-7-8-10-16-14(5,6)12(2)18-20/h15-16,19-20H,7-10H2,1-6H3. The van der Waals surface area contributed by atoms with Crippen molar-refractivity contribution in [3.8, 4) is 0 Å². The van der Waals surface area contributed by atoms with Crippen molar-refractivity contribution in [1.82, 2.24) is 10.6 Å². The monoisotopic (exact) mass is 286 g/mol. The van der Waals surface area contributed by atoms with Gasteiger partial charge in [0.1, 0.15) is 0 Å². The zero-order valence-electron chi connectivity index (χ0n) is 13.6. The van der Waals surface area contributed by atoms with Crippen molar-refractivity contribution in [2.75, 3.05) is 13.1 Å². The van der Waals surface area contributed by atoms with E-state index in [1.807, 2.05) is 27.7 Å². The number of nitrogens with one attached hydrogen (secondary N) is 2. The fourth-order valence-electron chi connectivity index (χ4n) is 1.56. The lowest BCUT2D eigenvalue weighted by molar-refractivity contribution is 0.309. The molecular formula is C14H30N4O2. The summed E-state index contributed by atoms with van der Waals surface area (Å²) in [6.45, 7) is 13.3. The molecule has 0 aromatic heterocycles. The molecule has 20 heavy (non-hydrogen) atoms. The highest BCUT2D eigenvalue weighted by atomic mass is 16.4. The summed E-state index contributed by atoms with van der Waals surface area (Å²) in [6, 6.07) is 0. The van der Waals surface area contributed by atoms with E-state index in [0.29, 0.717) is 11.4 Å². The molecule has 0 saturated carbocycles. The van der Waals surface area contributed by atoms with Gasteiger partial charge in [-0.3, -0.25) is 0 Å². The Morgan fingerprint density at radius 1 is 0.800 bits per heavy atom. The maximum absolute atomic E-state index is 8.78. The minimum Gasteiger partial charge on any atom is -0.411 e. The van der Waals surface area contributed by atoms with Crippen molar-refractivity contribution in [2.24, 2.45) is 10.3 Å². The summed E-state index contributed by atoms with van der Waals surface area (Å²) in [7, 11) is 0. The maximum atomic E-state index is 8.78. The van der Waals surface area contributed by atoms with Crippen LogP contribution in [0, 0.1) is 0 Å². The molecule has 0 radical (unpaired) electrons. The Balaban J connectivity index is 3.90. The Hall–Kier alpha value is -1.14. The number of hydrogen-bond donors (Lipinski definition) is 4. The smallest absolute Gasteiger partial charge is 0.0734 e. The first kappa shape index (κ1) is 18.9. The highest BCUT2D eigenvalue weighted by Gasteiger charge is 2.22. The third-order valence-corrected chi connectivity index (χ3v) is 3.85. The normalized spacial score (nSPS) is 14.7. The maximum Gasteiger partial charge on any atom is 0.0734 e. The van der Waals surface area contributed by atoms with Crippen LogP contribution < -0.4 is 10.6 Å². The average Bonchev–Trinajstić information content (AvgIpc) is 2.40. The summed E-state index contributed by atoms with van der Waals surface area (Å²) in [5, 5.41) is 30.8. The van der Waals surface area contributed by atoms with E-state index in [2.05, 4.69) is 20.9 Å². The van der Waals surface area contributed by atoms with Crippen molar-refractivity contribution in [2.45, 2.75) is 65.5 Å². The van der Waals surface area contributed by atoms with Crippen LogP contribution in [0.3, 0.4) is 0 Å². The average molecular weight is 286 g/mol. The fourth-order valence-corrected chi connectivity index (χ4v) is 1.56. The highest BCUT2D eigenvalue weighted by molar-refractivity contribution is 5.90. The van der Waals surface area contributed by atoms with Gasteiger partial charge < -0.3 is 21.0 Å². The van der Waals surface area contributed by atoms with Gasteiger partial charge in [-0.1, -0.05) is 10.3 Å². The summed E-state index contributed by atoms with van der Waals surface area (Å²) in [5.74, 6) is 0. The molecule has 0 aromatic rings. The van der Waals surface area contributed by atoms with E-state index >= 15 is 0 Å². The molecule has 0 aromatic carbocycles. The molecule has 6 heteroatoms. The lowest BCUT2D eigenvalue weighted by Crippen LogP contribution is -2.47. The van der Waals surface area contributed by atoms with Crippen LogP contribution in [0.2, 0.25) is 0 Å². The lowest BCUT2D eigenvalue weighted by atomic mass is 9.99. The van der Waals surface area contributed by atoms with Crippen LogP contribution >= 0.6 is 0 Å². The van der Waals surface area contributed by atoms with Crippen LogP contribution in [-0.4, -0.2) is 46.0 Å². The van der Waals surface area contributed by atoms with E-state index in [9.17, 15) is 0 Å². The van der Waals surface area contributed by atoms with Gasteiger partial charge in [0.25, 0.3) is 0 Å². The molecule has 0 amide bonds. The van der Waals surface area contributed by atoms with Gasteiger partial charge in [-0.2, -0.15) is 0 Å². The van der Waals surface area contributed by atoms with Crippen LogP contribution in [0.5, 0.6) is 0 Å². The molecule has 0 atom stereocenters. The Labute approximate surface area is 122 Å². The van der Waals surface area contributed by atoms with E-state index in [0.717, 1.165) is 25.9 Å². The Bertz CT molecular complexity index is 315. The van der Waals surface area contributed by atoms with Gasteiger partial charge in [-0.25, -0.2) is 0 Å². The molecule has 0 aliphatic rings. The van der Waals surface area contributed by atoms with Gasteiger partial charge in [0.15, 0.2) is 0 Å². The number of unbranched alkanes of at least 4 members (excludes halogenated alkanes) is 1. The first-order chi connectivity index (χ1) is 9.17. The number of hydrogen-bond acceptors (Lipinski definition) is 6. The Morgan fingerprint density at radius 3 is 1.35 bits per heavy atom. The van der Waals surface area contributed by atoms with Crippen LogP contribution in [0.25, 0.3) is 0 Å². The topological polar surface area (TPSA) is 89.2 Å². The zero-order valence-corrected chi connectivity index (χ0v) is 13.6. The summed E-state index contributed by atoms with van der Waals surface area (Å²) >= 11 is 0. The molecule has 4 N–H and O–H groups in total. The van der Waals surface area contributed by atoms with Crippen molar-refractivity contribution in [3.05, 3.63) is 0 Å². The number of oxime groups is 2. The predicted molar refractivity (Wildman–Crippen MR) is 83.2 cm³/mol. The van der Waals surface area contributed by atoms with Crippen molar-refractivity contribution < 1.29 is 10.4 Å². The van der Waals surface area contributed by atoms with E-state index < -0.39 is 0 Å². The molecule has 0 saturated heterocycles. The molecule has 0 unspecified atom stereocenters. The van der Waals surface area contributed by atoms with Crippen LogP contribution in [0.15, 0.2) is 10.3 Å². The lowest BCUT2D eigenvalue weighted by Gasteiger charge is -2.26. The number of rotatable bonds is 9. The second-order valence-corrected chi connectivity index (χ2v) is 6.18. The molecule has 0 bridgehead atoms. The fraction of sp³-hybridized carbons (Fsp3) is 0.857. The third-order valence-electron chi connectivity index (χ3n) is 3.85. The SMILES string of the molecule is CC(=NO)C(C)(C)NCCCCNC(C)(C)C(C)=NO. The summed E-state index contributed by atoms with van der Waals surface area (Å²) in [4.78, 5) is 0. The Kier molecular flexibility index (Phi) is 7.75. The summed E-state index contributed by atoms with van der Waals surface area (Å²) in [5.41, 5.74) is 0.765. The molecule has 0 aliphatic carbocycles. The predicted octanol–water partition coefficient (Wildman–Crippen LogP) is 2.20. The van der Waals surface area contributed by atoms with E-state index in [1.165, 1.54) is 0 Å². The minimum atomic E-state index is -0.290. The molecule has 0 heterocycles. The van der Waals surface area contributed by atoms with Gasteiger partial charge in [-0.05, 0) is 67.5 Å². The summed E-state index contributed by atoms with van der Waals surface area (Å²) < 4.78 is 0. The Morgan fingerprint density at radius 2 is 1.10 bits per heavy atom. The summed E-state index contributed by atoms with van der Waals surface area (Å²) in [6.07, 6.45) is 2.03. The second-order valence-electron chi connectivity index (χ2n) is 6.18. The molecule has 0 fully saturated rings. The zero-order chi connectivity index (χ0) is 15.8. The van der Waals surface area contributed by atoms with Crippen molar-refractivity contribution in [3.63, 3.8) is 0 Å². The van der Waals surface area contributed by atoms with Crippen molar-refractivity contribution >= 4 is 11.4 Å². The van der Waals surface area contributed by atoms with Gasteiger partial charge in [0.2, 0.25) is 0 Å². The van der Waals surface area contributed by atoms with E-state index in [-0.39, 0.29) is 11.1 Å². The second kappa shape index (κ2) is 8.21. The van der Waals surface area contributed by atoms with Crippen LogP contribution in [0.1, 0.15) is 54.4 Å². The van der Waals surface area contributed by atoms with E-state index in [1.54, 1.807) is 13.8 Å². The van der Waals surface area contributed by atoms with Gasteiger partial charge in [-0.15, -0.1) is 0 Å². The molecule has 0 rings (SSSR count). The van der Waals surface area contributed by atoms with E-state index in [4.69, 9.17) is 10.4 Å². The number of nitrogens with zero attached hydrogens (tertiary/aromatic N) is 2. The molecule has 6 nitrogen and oxygen atoms in total. The first-order valence-electron chi connectivity index (χ1n) is 7.05. The first-order valence-corrected chi connectivity index (χ1v) is 7.05.